The molecule has 0 spiro atoms. The summed E-state index contributed by atoms with van der Waals surface area (Å²) in [5, 5.41) is 0. The summed E-state index contributed by atoms with van der Waals surface area (Å²) in [5.41, 5.74) is 4.48. The van der Waals surface area contributed by atoms with Crippen molar-refractivity contribution in [2.24, 2.45) is 5.92 Å². The van der Waals surface area contributed by atoms with Gasteiger partial charge in [-0.1, -0.05) is 46.3 Å². The molecule has 2 fully saturated rings. The summed E-state index contributed by atoms with van der Waals surface area (Å²) in [6, 6.07) is 14.7. The first kappa shape index (κ1) is 24.4. The van der Waals surface area contributed by atoms with Crippen LogP contribution in [-0.2, 0) is 4.74 Å². The van der Waals surface area contributed by atoms with Gasteiger partial charge in [-0.2, -0.15) is 0 Å². The van der Waals surface area contributed by atoms with Crippen molar-refractivity contribution in [3.8, 4) is 0 Å². The molecule has 1 unspecified atom stereocenters. The molecule has 5 heteroatoms. The van der Waals surface area contributed by atoms with E-state index in [2.05, 4.69) is 56.9 Å². The van der Waals surface area contributed by atoms with Crippen molar-refractivity contribution in [2.75, 3.05) is 33.3 Å². The molecule has 0 aromatic heterocycles. The zero-order valence-electron chi connectivity index (χ0n) is 20.4. The molecular weight excluding hydrogens is 476 g/mol. The molecule has 178 valence electrons. The van der Waals surface area contributed by atoms with E-state index >= 15 is 0 Å². The number of likely N-dealkylation sites (tertiary alicyclic amines) is 2. The average molecular weight is 514 g/mol. The van der Waals surface area contributed by atoms with Crippen LogP contribution in [0.1, 0.15) is 65.8 Å². The quantitative estimate of drug-likeness (QED) is 0.480. The second-order valence-corrected chi connectivity index (χ2v) is 11.0. The topological polar surface area (TPSA) is 32.8 Å². The summed E-state index contributed by atoms with van der Waals surface area (Å²) in [6.45, 7) is 10.4. The van der Waals surface area contributed by atoms with Crippen molar-refractivity contribution in [3.63, 3.8) is 0 Å². The van der Waals surface area contributed by atoms with Crippen LogP contribution in [0.5, 0.6) is 0 Å². The second kappa shape index (κ2) is 10.3. The van der Waals surface area contributed by atoms with Crippen LogP contribution in [-0.4, -0.2) is 54.5 Å². The molecule has 2 aliphatic rings. The fraction of sp³-hybridized carbons (Fsp3) is 0.536. The summed E-state index contributed by atoms with van der Waals surface area (Å²) >= 11 is 3.53. The number of carbonyl (C=O) groups excluding carboxylic acids is 1. The zero-order valence-corrected chi connectivity index (χ0v) is 22.0. The smallest absolute Gasteiger partial charge is 0.254 e. The highest BCUT2D eigenvalue weighted by molar-refractivity contribution is 9.10. The van der Waals surface area contributed by atoms with Gasteiger partial charge in [0.2, 0.25) is 0 Å². The fourth-order valence-electron chi connectivity index (χ4n) is 5.81. The maximum Gasteiger partial charge on any atom is 0.254 e. The second-order valence-electron chi connectivity index (χ2n) is 10.1. The van der Waals surface area contributed by atoms with Gasteiger partial charge >= 0.3 is 0 Å². The zero-order chi connectivity index (χ0) is 23.6. The van der Waals surface area contributed by atoms with Gasteiger partial charge in [0.25, 0.3) is 5.91 Å². The SMILES string of the molecule is COC(c1ccc(Br)cc1)C1CCN(C2(C)CCN(C(=O)c3c(C)cccc3C)CC2)CC1. The third kappa shape index (κ3) is 5.21. The maximum absolute atomic E-state index is 13.2. The molecule has 0 aliphatic carbocycles. The van der Waals surface area contributed by atoms with Crippen molar-refractivity contribution in [1.82, 2.24) is 9.80 Å². The Hall–Kier alpha value is -1.69. The Morgan fingerprint density at radius 3 is 2.12 bits per heavy atom. The molecule has 0 N–H and O–H groups in total. The molecule has 4 rings (SSSR count). The minimum atomic E-state index is 0.157. The van der Waals surface area contributed by atoms with E-state index in [1.807, 2.05) is 39.2 Å². The molecule has 1 amide bonds. The van der Waals surface area contributed by atoms with Crippen LogP contribution in [0.2, 0.25) is 0 Å². The number of benzene rings is 2. The summed E-state index contributed by atoms with van der Waals surface area (Å²) < 4.78 is 7.05. The van der Waals surface area contributed by atoms with E-state index < -0.39 is 0 Å². The van der Waals surface area contributed by atoms with Crippen LogP contribution in [0.4, 0.5) is 0 Å². The monoisotopic (exact) mass is 512 g/mol. The van der Waals surface area contributed by atoms with Gasteiger partial charge in [-0.05, 0) is 94.3 Å². The lowest BCUT2D eigenvalue weighted by Crippen LogP contribution is -2.56. The van der Waals surface area contributed by atoms with Crippen molar-refractivity contribution < 1.29 is 9.53 Å². The summed E-state index contributed by atoms with van der Waals surface area (Å²) in [5.74, 6) is 0.741. The van der Waals surface area contributed by atoms with Crippen LogP contribution in [0.25, 0.3) is 0 Å². The number of aryl methyl sites for hydroxylation is 2. The van der Waals surface area contributed by atoms with Gasteiger partial charge in [0.05, 0.1) is 6.10 Å². The number of halogens is 1. The Balaban J connectivity index is 1.35. The molecule has 0 saturated carbocycles. The van der Waals surface area contributed by atoms with E-state index in [9.17, 15) is 4.79 Å². The van der Waals surface area contributed by atoms with Gasteiger partial charge in [-0.15, -0.1) is 0 Å². The molecule has 2 aromatic rings. The number of amides is 1. The maximum atomic E-state index is 13.2. The van der Waals surface area contributed by atoms with Crippen molar-refractivity contribution in [2.45, 2.75) is 58.1 Å². The number of nitrogens with zero attached hydrogens (tertiary/aromatic N) is 2. The molecule has 2 saturated heterocycles. The highest BCUT2D eigenvalue weighted by atomic mass is 79.9. The van der Waals surface area contributed by atoms with Crippen LogP contribution in [0.3, 0.4) is 0 Å². The summed E-state index contributed by atoms with van der Waals surface area (Å²) in [4.78, 5) is 18.0. The predicted octanol–water partition coefficient (Wildman–Crippen LogP) is 6.16. The first-order chi connectivity index (χ1) is 15.8. The Bertz CT molecular complexity index is 938. The van der Waals surface area contributed by atoms with Crippen molar-refractivity contribution in [1.29, 1.82) is 0 Å². The normalized spacial score (nSPS) is 20.6. The van der Waals surface area contributed by atoms with Gasteiger partial charge in [0, 0.05) is 35.8 Å². The third-order valence-corrected chi connectivity index (χ3v) is 8.54. The van der Waals surface area contributed by atoms with E-state index in [-0.39, 0.29) is 17.6 Å². The van der Waals surface area contributed by atoms with Gasteiger partial charge in [-0.3, -0.25) is 9.69 Å². The largest absolute Gasteiger partial charge is 0.376 e. The molecule has 0 bridgehead atoms. The van der Waals surface area contributed by atoms with E-state index in [1.54, 1.807) is 0 Å². The molecule has 4 nitrogen and oxygen atoms in total. The standard InChI is InChI=1S/C28H37BrN2O2/c1-20-6-5-7-21(2)25(20)27(32)30-18-14-28(3,15-19-30)31-16-12-23(13-17-31)26(33-4)22-8-10-24(29)11-9-22/h5-11,23,26H,12-19H2,1-4H3. The van der Waals surface area contributed by atoms with Crippen LogP contribution in [0, 0.1) is 19.8 Å². The predicted molar refractivity (Wildman–Crippen MR) is 138 cm³/mol. The van der Waals surface area contributed by atoms with Gasteiger partial charge in [0.1, 0.15) is 0 Å². The van der Waals surface area contributed by atoms with E-state index in [0.29, 0.717) is 5.92 Å². The minimum absolute atomic E-state index is 0.157. The number of hydrogen-bond donors (Lipinski definition) is 0. The van der Waals surface area contributed by atoms with Gasteiger partial charge < -0.3 is 9.64 Å². The Morgan fingerprint density at radius 2 is 1.58 bits per heavy atom. The Morgan fingerprint density at radius 1 is 1.00 bits per heavy atom. The van der Waals surface area contributed by atoms with E-state index in [0.717, 1.165) is 73.0 Å². The summed E-state index contributed by atoms with van der Waals surface area (Å²) in [7, 11) is 1.84. The van der Waals surface area contributed by atoms with Crippen molar-refractivity contribution in [3.05, 3.63) is 69.2 Å². The lowest BCUT2D eigenvalue weighted by Gasteiger charge is -2.50. The minimum Gasteiger partial charge on any atom is -0.376 e. The molecule has 2 aliphatic heterocycles. The number of carbonyl (C=O) groups is 1. The number of hydrogen-bond acceptors (Lipinski definition) is 3. The Kier molecular flexibility index (Phi) is 7.62. The van der Waals surface area contributed by atoms with Crippen molar-refractivity contribution >= 4 is 21.8 Å². The fourth-order valence-corrected chi connectivity index (χ4v) is 6.08. The van der Waals surface area contributed by atoms with Crippen LogP contribution < -0.4 is 0 Å². The number of rotatable bonds is 5. The van der Waals surface area contributed by atoms with Crippen LogP contribution in [0.15, 0.2) is 46.9 Å². The third-order valence-electron chi connectivity index (χ3n) is 8.01. The lowest BCUT2D eigenvalue weighted by atomic mass is 9.82. The number of ether oxygens (including phenoxy) is 1. The summed E-state index contributed by atoms with van der Waals surface area (Å²) in [6.07, 6.45) is 4.53. The highest BCUT2D eigenvalue weighted by Crippen LogP contribution is 2.38. The lowest BCUT2D eigenvalue weighted by molar-refractivity contribution is -0.0222. The molecular formula is C28H37BrN2O2. The molecule has 1 atom stereocenters. The highest BCUT2D eigenvalue weighted by Gasteiger charge is 2.40. The molecule has 2 aromatic carbocycles. The van der Waals surface area contributed by atoms with Crippen LogP contribution >= 0.6 is 15.9 Å². The van der Waals surface area contributed by atoms with Gasteiger partial charge in [-0.25, -0.2) is 0 Å². The van der Waals surface area contributed by atoms with E-state index in [1.165, 1.54) is 5.56 Å². The molecule has 33 heavy (non-hydrogen) atoms. The first-order valence-electron chi connectivity index (χ1n) is 12.2. The molecule has 0 radical (unpaired) electrons. The Labute approximate surface area is 207 Å². The molecule has 2 heterocycles. The average Bonchev–Trinajstić information content (AvgIpc) is 2.81. The van der Waals surface area contributed by atoms with E-state index in [4.69, 9.17) is 4.74 Å². The number of piperidine rings is 2. The number of methoxy groups -OCH3 is 1. The van der Waals surface area contributed by atoms with Gasteiger partial charge in [0.15, 0.2) is 0 Å². The first-order valence-corrected chi connectivity index (χ1v) is 13.0.